The summed E-state index contributed by atoms with van der Waals surface area (Å²) in [5.41, 5.74) is 1.60. The van der Waals surface area contributed by atoms with Crippen LogP contribution in [0.5, 0.6) is 0 Å². The Morgan fingerprint density at radius 1 is 1.22 bits per heavy atom. The topological polar surface area (TPSA) is 103 Å². The minimum absolute atomic E-state index is 0.0655. The predicted molar refractivity (Wildman–Crippen MR) is 128 cm³/mol. The van der Waals surface area contributed by atoms with Gasteiger partial charge in [0.15, 0.2) is 0 Å². The fourth-order valence-corrected chi connectivity index (χ4v) is 4.07. The molecular formula is C25H26F2N4O5. The third-order valence-electron chi connectivity index (χ3n) is 5.86. The molecule has 1 unspecified atom stereocenters. The number of benzene rings is 2. The number of rotatable bonds is 8. The molecule has 0 saturated carbocycles. The fraction of sp³-hybridized carbons (Fsp3) is 0.360. The lowest BCUT2D eigenvalue weighted by Crippen LogP contribution is -2.37. The largest absolute Gasteiger partial charge is 0.466 e. The molecule has 0 bridgehead atoms. The number of esters is 1. The van der Waals surface area contributed by atoms with Gasteiger partial charge < -0.3 is 14.0 Å². The maximum atomic E-state index is 13.1. The summed E-state index contributed by atoms with van der Waals surface area (Å²) in [6, 6.07) is 10.3. The molecule has 0 radical (unpaired) electrons. The first-order valence-corrected chi connectivity index (χ1v) is 11.5. The first-order valence-electron chi connectivity index (χ1n) is 11.5. The van der Waals surface area contributed by atoms with Crippen molar-refractivity contribution < 1.29 is 32.6 Å². The number of carbonyl (C=O) groups excluding carboxylic acids is 3. The number of nitrogens with zero attached hydrogens (tertiary/aromatic N) is 3. The van der Waals surface area contributed by atoms with Crippen LogP contribution in [0.4, 0.5) is 25.2 Å². The average Bonchev–Trinajstić information content (AvgIpc) is 3.21. The van der Waals surface area contributed by atoms with E-state index in [1.165, 1.54) is 30.0 Å². The number of hydrogen-bond donors (Lipinski definition) is 1. The molecular weight excluding hydrogens is 474 g/mol. The second-order valence-corrected chi connectivity index (χ2v) is 8.46. The summed E-state index contributed by atoms with van der Waals surface area (Å²) in [4.78, 5) is 42.4. The minimum atomic E-state index is -2.71. The van der Waals surface area contributed by atoms with Crippen LogP contribution in [0.1, 0.15) is 55.1 Å². The Morgan fingerprint density at radius 2 is 2.03 bits per heavy atom. The second-order valence-electron chi connectivity index (χ2n) is 8.46. The molecule has 3 aromatic rings. The normalized spacial score (nSPS) is 14.6. The van der Waals surface area contributed by atoms with Crippen LogP contribution in [0, 0.1) is 0 Å². The summed E-state index contributed by atoms with van der Waals surface area (Å²) in [7, 11) is 0. The monoisotopic (exact) mass is 500 g/mol. The lowest BCUT2D eigenvalue weighted by Gasteiger charge is -2.26. The number of fused-ring (bicyclic) bond motifs is 1. The van der Waals surface area contributed by atoms with Crippen LogP contribution in [0.3, 0.4) is 0 Å². The van der Waals surface area contributed by atoms with Gasteiger partial charge in [-0.05, 0) is 43.7 Å². The van der Waals surface area contributed by atoms with Gasteiger partial charge in [-0.1, -0.05) is 12.1 Å². The average molecular weight is 501 g/mol. The van der Waals surface area contributed by atoms with Gasteiger partial charge in [0.25, 0.3) is 12.3 Å². The molecule has 36 heavy (non-hydrogen) atoms. The lowest BCUT2D eigenvalue weighted by molar-refractivity contribution is -0.141. The van der Waals surface area contributed by atoms with E-state index in [1.54, 1.807) is 22.8 Å². The first-order chi connectivity index (χ1) is 17.2. The van der Waals surface area contributed by atoms with Gasteiger partial charge in [-0.15, -0.1) is 0 Å². The Bertz CT molecular complexity index is 1290. The summed E-state index contributed by atoms with van der Waals surface area (Å²) in [6.07, 6.45) is -2.01. The summed E-state index contributed by atoms with van der Waals surface area (Å²) >= 11 is 0. The molecule has 1 atom stereocenters. The molecule has 2 amide bonds. The summed E-state index contributed by atoms with van der Waals surface area (Å²) in [5.74, 6) is -0.796. The van der Waals surface area contributed by atoms with Crippen molar-refractivity contribution in [3.63, 3.8) is 0 Å². The second kappa shape index (κ2) is 10.7. The molecule has 190 valence electrons. The number of aromatic nitrogens is 2. The Labute approximate surface area is 206 Å². The number of cyclic esters (lactones) is 1. The van der Waals surface area contributed by atoms with E-state index in [4.69, 9.17) is 9.47 Å². The van der Waals surface area contributed by atoms with Gasteiger partial charge in [0, 0.05) is 42.7 Å². The highest BCUT2D eigenvalue weighted by Crippen LogP contribution is 2.31. The van der Waals surface area contributed by atoms with Crippen molar-refractivity contribution in [2.75, 3.05) is 30.0 Å². The molecule has 1 aliphatic heterocycles. The van der Waals surface area contributed by atoms with Gasteiger partial charge in [-0.3, -0.25) is 19.8 Å². The zero-order valence-electron chi connectivity index (χ0n) is 19.9. The van der Waals surface area contributed by atoms with Crippen molar-refractivity contribution in [3.8, 4) is 0 Å². The number of carbonyl (C=O) groups is 3. The molecule has 0 aliphatic carbocycles. The van der Waals surface area contributed by atoms with Crippen molar-refractivity contribution in [2.24, 2.45) is 0 Å². The Kier molecular flexibility index (Phi) is 7.47. The third-order valence-corrected chi connectivity index (χ3v) is 5.86. The molecule has 1 aromatic heterocycles. The van der Waals surface area contributed by atoms with Gasteiger partial charge in [-0.2, -0.15) is 0 Å². The van der Waals surface area contributed by atoms with Gasteiger partial charge in [-0.25, -0.2) is 18.6 Å². The smallest absolute Gasteiger partial charge is 0.414 e. The van der Waals surface area contributed by atoms with Crippen molar-refractivity contribution in [2.45, 2.75) is 39.2 Å². The van der Waals surface area contributed by atoms with Gasteiger partial charge >= 0.3 is 12.1 Å². The van der Waals surface area contributed by atoms with E-state index in [-0.39, 0.29) is 29.7 Å². The number of hydrogen-bond acceptors (Lipinski definition) is 6. The summed E-state index contributed by atoms with van der Waals surface area (Å²) in [5, 5.41) is 2.73. The highest BCUT2D eigenvalue weighted by molar-refractivity contribution is 6.04. The van der Waals surface area contributed by atoms with Gasteiger partial charge in [0.1, 0.15) is 0 Å². The van der Waals surface area contributed by atoms with Crippen LogP contribution >= 0.6 is 0 Å². The van der Waals surface area contributed by atoms with E-state index in [1.807, 2.05) is 6.92 Å². The third kappa shape index (κ3) is 5.45. The van der Waals surface area contributed by atoms with Gasteiger partial charge in [0.2, 0.25) is 5.95 Å². The number of nitrogens with one attached hydrogen (secondary N) is 1. The molecule has 1 aliphatic rings. The van der Waals surface area contributed by atoms with E-state index in [9.17, 15) is 23.2 Å². The maximum Gasteiger partial charge on any atom is 0.414 e. The lowest BCUT2D eigenvalue weighted by atomic mass is 10.1. The van der Waals surface area contributed by atoms with Crippen molar-refractivity contribution in [3.05, 3.63) is 53.6 Å². The Morgan fingerprint density at radius 3 is 2.75 bits per heavy atom. The molecule has 2 heterocycles. The van der Waals surface area contributed by atoms with Crippen LogP contribution < -0.4 is 10.2 Å². The van der Waals surface area contributed by atoms with Crippen LogP contribution in [-0.2, 0) is 14.3 Å². The van der Waals surface area contributed by atoms with Crippen LogP contribution in [0.25, 0.3) is 11.0 Å². The van der Waals surface area contributed by atoms with E-state index >= 15 is 0 Å². The van der Waals surface area contributed by atoms with Crippen LogP contribution in [0.2, 0.25) is 0 Å². The molecule has 1 N–H and O–H groups in total. The standard InChI is InChI=1S/C25H26F2N4O5/c1-15(9-12-35-16(2)32)31-21-8-7-19(30-10-4-11-36-25(30)34)14-20(21)28-24(31)29-23(33)18-6-3-5-17(13-18)22(26)27/h3,5-8,13-15,22H,4,9-12H2,1-2H3,(H,28,29,33). The summed E-state index contributed by atoms with van der Waals surface area (Å²) < 4.78 is 38.2. The fourth-order valence-electron chi connectivity index (χ4n) is 4.07. The molecule has 9 nitrogen and oxygen atoms in total. The SMILES string of the molecule is CC(=O)OCCC(C)n1c(NC(=O)c2cccc(C(F)F)c2)nc2cc(N3CCCOC3=O)ccc21. The number of anilines is 2. The van der Waals surface area contributed by atoms with Crippen molar-refractivity contribution in [1.82, 2.24) is 9.55 Å². The number of imidazole rings is 1. The van der Waals surface area contributed by atoms with E-state index in [0.717, 1.165) is 6.07 Å². The number of amides is 2. The molecule has 0 spiro atoms. The molecule has 1 fully saturated rings. The highest BCUT2D eigenvalue weighted by Gasteiger charge is 2.24. The molecule has 2 aromatic carbocycles. The van der Waals surface area contributed by atoms with E-state index in [0.29, 0.717) is 42.7 Å². The number of halogens is 2. The molecule has 1 saturated heterocycles. The highest BCUT2D eigenvalue weighted by atomic mass is 19.3. The maximum absolute atomic E-state index is 13.1. The quantitative estimate of drug-likeness (QED) is 0.433. The minimum Gasteiger partial charge on any atom is -0.466 e. The van der Waals surface area contributed by atoms with Crippen molar-refractivity contribution in [1.29, 1.82) is 0 Å². The molecule has 4 rings (SSSR count). The Hall–Kier alpha value is -4.02. The van der Waals surface area contributed by atoms with E-state index < -0.39 is 24.4 Å². The first kappa shape index (κ1) is 25.1. The summed E-state index contributed by atoms with van der Waals surface area (Å²) in [6.45, 7) is 4.25. The molecule has 11 heteroatoms. The van der Waals surface area contributed by atoms with Gasteiger partial charge in [0.05, 0.1) is 24.2 Å². The van der Waals surface area contributed by atoms with Crippen LogP contribution in [-0.4, -0.2) is 47.3 Å². The predicted octanol–water partition coefficient (Wildman–Crippen LogP) is 5.09. The van der Waals surface area contributed by atoms with E-state index in [2.05, 4.69) is 10.3 Å². The Balaban J connectivity index is 1.69. The zero-order valence-corrected chi connectivity index (χ0v) is 19.9. The zero-order chi connectivity index (χ0) is 25.8. The number of alkyl halides is 2. The van der Waals surface area contributed by atoms with Crippen molar-refractivity contribution >= 4 is 40.6 Å². The number of ether oxygens (including phenoxy) is 2. The van der Waals surface area contributed by atoms with Crippen LogP contribution in [0.15, 0.2) is 42.5 Å².